The number of hydrogen-bond donors (Lipinski definition) is 1. The number of carbonyl (C=O) groups is 1. The van der Waals surface area contributed by atoms with Crippen LogP contribution in [0.2, 0.25) is 0 Å². The molecule has 0 aliphatic rings. The number of carbonyl (C=O) groups excluding carboxylic acids is 1. The molecule has 0 unspecified atom stereocenters. The summed E-state index contributed by atoms with van der Waals surface area (Å²) in [6.07, 6.45) is 6.51. The van der Waals surface area contributed by atoms with E-state index in [1.165, 1.54) is 0 Å². The van der Waals surface area contributed by atoms with Gasteiger partial charge in [-0.05, 0) is 43.2 Å². The molecule has 0 bridgehead atoms. The van der Waals surface area contributed by atoms with E-state index in [9.17, 15) is 4.79 Å². The molecule has 2 aromatic carbocycles. The van der Waals surface area contributed by atoms with Crippen molar-refractivity contribution in [1.82, 2.24) is 5.32 Å². The number of hydrogen-bond acceptors (Lipinski definition) is 5. The minimum atomic E-state index is -0.109. The second-order valence-corrected chi connectivity index (χ2v) is 7.59. The van der Waals surface area contributed by atoms with Crippen LogP contribution < -0.4 is 19.5 Å². The van der Waals surface area contributed by atoms with Gasteiger partial charge >= 0.3 is 0 Å². The van der Waals surface area contributed by atoms with Crippen molar-refractivity contribution in [2.45, 2.75) is 33.1 Å². The molecular weight excluding hydrogens is 406 g/mol. The third-order valence-corrected chi connectivity index (χ3v) is 5.44. The van der Waals surface area contributed by atoms with E-state index in [2.05, 4.69) is 12.2 Å². The standard InChI is InChI=1S/C26H31NO5/c1-6-7-8-11-27-26(28)12-17(2)19-14-21-22(16-32-25(21)15-24(19)31-5)20-13-18(29-3)9-10-23(20)30-4/h9-10,12-16H,6-8,11H2,1-5H3,(H,27,28)/b17-12+. The minimum Gasteiger partial charge on any atom is -0.497 e. The summed E-state index contributed by atoms with van der Waals surface area (Å²) in [5.41, 5.74) is 4.05. The zero-order chi connectivity index (χ0) is 23.1. The number of ether oxygens (including phenoxy) is 3. The zero-order valence-electron chi connectivity index (χ0n) is 19.4. The molecule has 0 aliphatic carbocycles. The van der Waals surface area contributed by atoms with Crippen molar-refractivity contribution in [3.63, 3.8) is 0 Å². The van der Waals surface area contributed by atoms with Crippen molar-refractivity contribution in [3.8, 4) is 28.4 Å². The predicted molar refractivity (Wildman–Crippen MR) is 127 cm³/mol. The van der Waals surface area contributed by atoms with Crippen molar-refractivity contribution in [3.05, 3.63) is 48.2 Å². The van der Waals surface area contributed by atoms with E-state index in [0.717, 1.165) is 52.7 Å². The molecule has 170 valence electrons. The van der Waals surface area contributed by atoms with Gasteiger partial charge in [-0.1, -0.05) is 19.8 Å². The van der Waals surface area contributed by atoms with Crippen LogP contribution in [-0.4, -0.2) is 33.8 Å². The van der Waals surface area contributed by atoms with Crippen molar-refractivity contribution in [2.75, 3.05) is 27.9 Å². The van der Waals surface area contributed by atoms with Crippen LogP contribution in [0, 0.1) is 0 Å². The molecule has 0 atom stereocenters. The van der Waals surface area contributed by atoms with E-state index in [-0.39, 0.29) is 5.91 Å². The van der Waals surface area contributed by atoms with Crippen LogP contribution in [0.1, 0.15) is 38.7 Å². The molecule has 0 fully saturated rings. The summed E-state index contributed by atoms with van der Waals surface area (Å²) in [6.45, 7) is 4.72. The average molecular weight is 438 g/mol. The molecule has 6 nitrogen and oxygen atoms in total. The molecule has 0 saturated heterocycles. The van der Waals surface area contributed by atoms with Crippen LogP contribution in [0.15, 0.2) is 47.1 Å². The number of nitrogens with one attached hydrogen (secondary N) is 1. The first-order valence-electron chi connectivity index (χ1n) is 10.8. The summed E-state index contributed by atoms with van der Waals surface area (Å²) < 4.78 is 22.4. The number of fused-ring (bicyclic) bond motifs is 1. The molecule has 3 rings (SSSR count). The monoisotopic (exact) mass is 437 g/mol. The Morgan fingerprint density at radius 1 is 1.00 bits per heavy atom. The molecule has 1 heterocycles. The maximum absolute atomic E-state index is 12.4. The highest BCUT2D eigenvalue weighted by molar-refractivity contribution is 6.01. The molecule has 32 heavy (non-hydrogen) atoms. The quantitative estimate of drug-likeness (QED) is 0.319. The third kappa shape index (κ3) is 5.07. The van der Waals surface area contributed by atoms with E-state index >= 15 is 0 Å². The van der Waals surface area contributed by atoms with Gasteiger partial charge in [-0.2, -0.15) is 0 Å². The van der Waals surface area contributed by atoms with Gasteiger partial charge in [0.2, 0.25) is 5.91 Å². The summed E-state index contributed by atoms with van der Waals surface area (Å²) in [4.78, 5) is 12.4. The molecule has 1 aromatic heterocycles. The van der Waals surface area contributed by atoms with Gasteiger partial charge in [-0.3, -0.25) is 4.79 Å². The number of furan rings is 1. The van der Waals surface area contributed by atoms with E-state index in [0.29, 0.717) is 23.6 Å². The Labute approximate surface area is 189 Å². The first-order chi connectivity index (χ1) is 15.5. The molecule has 3 aromatic rings. The summed E-state index contributed by atoms with van der Waals surface area (Å²) >= 11 is 0. The molecule has 0 saturated carbocycles. The average Bonchev–Trinajstić information content (AvgIpc) is 3.23. The zero-order valence-corrected chi connectivity index (χ0v) is 19.4. The number of rotatable bonds is 10. The van der Waals surface area contributed by atoms with Crippen molar-refractivity contribution in [2.24, 2.45) is 0 Å². The van der Waals surface area contributed by atoms with Crippen LogP contribution in [0.5, 0.6) is 17.2 Å². The van der Waals surface area contributed by atoms with Crippen LogP contribution in [-0.2, 0) is 4.79 Å². The fourth-order valence-corrected chi connectivity index (χ4v) is 3.68. The van der Waals surface area contributed by atoms with Crippen LogP contribution in [0.4, 0.5) is 0 Å². The number of allylic oxidation sites excluding steroid dienone is 1. The van der Waals surface area contributed by atoms with Gasteiger partial charge in [0, 0.05) is 40.8 Å². The predicted octanol–water partition coefficient (Wildman–Crippen LogP) is 5.84. The summed E-state index contributed by atoms with van der Waals surface area (Å²) in [6, 6.07) is 9.47. The Balaban J connectivity index is 2.02. The van der Waals surface area contributed by atoms with Gasteiger partial charge < -0.3 is 23.9 Å². The SMILES string of the molecule is CCCCCNC(=O)/C=C(\C)c1cc2c(-c3cc(OC)ccc3OC)coc2cc1OC. The van der Waals surface area contributed by atoms with Crippen LogP contribution in [0.3, 0.4) is 0 Å². The maximum atomic E-state index is 12.4. The van der Waals surface area contributed by atoms with E-state index < -0.39 is 0 Å². The lowest BCUT2D eigenvalue weighted by Crippen LogP contribution is -2.22. The van der Waals surface area contributed by atoms with Crippen molar-refractivity contribution >= 4 is 22.4 Å². The normalized spacial score (nSPS) is 11.5. The highest BCUT2D eigenvalue weighted by Crippen LogP contribution is 2.41. The summed E-state index contributed by atoms with van der Waals surface area (Å²) in [5.74, 6) is 1.97. The molecule has 0 spiro atoms. The van der Waals surface area contributed by atoms with Gasteiger partial charge in [-0.25, -0.2) is 0 Å². The Morgan fingerprint density at radius 3 is 2.47 bits per heavy atom. The topological polar surface area (TPSA) is 69.9 Å². The number of unbranched alkanes of at least 4 members (excludes halogenated alkanes) is 2. The molecule has 1 N–H and O–H groups in total. The molecule has 0 radical (unpaired) electrons. The second kappa shape index (κ2) is 10.8. The first-order valence-corrected chi connectivity index (χ1v) is 10.8. The fraction of sp³-hybridized carbons (Fsp3) is 0.346. The Kier molecular flexibility index (Phi) is 7.82. The Morgan fingerprint density at radius 2 is 1.78 bits per heavy atom. The maximum Gasteiger partial charge on any atom is 0.244 e. The van der Waals surface area contributed by atoms with Gasteiger partial charge in [0.25, 0.3) is 0 Å². The lowest BCUT2D eigenvalue weighted by molar-refractivity contribution is -0.116. The minimum absolute atomic E-state index is 0.109. The van der Waals surface area contributed by atoms with E-state index in [1.54, 1.807) is 33.7 Å². The molecule has 0 aliphatic heterocycles. The van der Waals surface area contributed by atoms with Gasteiger partial charge in [0.1, 0.15) is 22.8 Å². The van der Waals surface area contributed by atoms with Gasteiger partial charge in [0.05, 0.1) is 27.6 Å². The van der Waals surface area contributed by atoms with E-state index in [1.807, 2.05) is 37.3 Å². The summed E-state index contributed by atoms with van der Waals surface area (Å²) in [7, 11) is 4.87. The second-order valence-electron chi connectivity index (χ2n) is 7.59. The highest BCUT2D eigenvalue weighted by atomic mass is 16.5. The fourth-order valence-electron chi connectivity index (χ4n) is 3.68. The lowest BCUT2D eigenvalue weighted by atomic mass is 9.98. The molecule has 1 amide bonds. The van der Waals surface area contributed by atoms with E-state index in [4.69, 9.17) is 18.6 Å². The van der Waals surface area contributed by atoms with Crippen LogP contribution >= 0.6 is 0 Å². The number of benzene rings is 2. The molecule has 6 heteroatoms. The first kappa shape index (κ1) is 23.3. The highest BCUT2D eigenvalue weighted by Gasteiger charge is 2.17. The Bertz CT molecular complexity index is 1110. The van der Waals surface area contributed by atoms with Crippen LogP contribution in [0.25, 0.3) is 27.7 Å². The largest absolute Gasteiger partial charge is 0.497 e. The number of methoxy groups -OCH3 is 3. The molecular formula is C26H31NO5. The Hall–Kier alpha value is -3.41. The lowest BCUT2D eigenvalue weighted by Gasteiger charge is -2.12. The van der Waals surface area contributed by atoms with Gasteiger partial charge in [-0.15, -0.1) is 0 Å². The van der Waals surface area contributed by atoms with Gasteiger partial charge in [0.15, 0.2) is 0 Å². The van der Waals surface area contributed by atoms with Crippen molar-refractivity contribution in [1.29, 1.82) is 0 Å². The van der Waals surface area contributed by atoms with Crippen molar-refractivity contribution < 1.29 is 23.4 Å². The summed E-state index contributed by atoms with van der Waals surface area (Å²) in [5, 5.41) is 3.84. The third-order valence-electron chi connectivity index (χ3n) is 5.44. The number of amides is 1. The smallest absolute Gasteiger partial charge is 0.244 e.